The predicted octanol–water partition coefficient (Wildman–Crippen LogP) is 2.71. The number of hydrogen-bond acceptors (Lipinski definition) is 6. The molecule has 0 aliphatic rings. The molecule has 9 nitrogen and oxygen atoms in total. The van der Waals surface area contributed by atoms with Gasteiger partial charge in [0.05, 0.1) is 16.3 Å². The van der Waals surface area contributed by atoms with E-state index >= 15 is 0 Å². The second-order valence-corrected chi connectivity index (χ2v) is 9.08. The van der Waals surface area contributed by atoms with Crippen LogP contribution in [0, 0.1) is 0 Å². The van der Waals surface area contributed by atoms with Gasteiger partial charge in [-0.15, -0.1) is 0 Å². The molecule has 3 rings (SSSR count). The van der Waals surface area contributed by atoms with Crippen LogP contribution in [0.25, 0.3) is 17.1 Å². The van der Waals surface area contributed by atoms with Gasteiger partial charge in [0.1, 0.15) is 16.4 Å². The zero-order valence-corrected chi connectivity index (χ0v) is 17.9. The van der Waals surface area contributed by atoms with Gasteiger partial charge in [-0.1, -0.05) is 37.1 Å². The van der Waals surface area contributed by atoms with Crippen LogP contribution in [0.5, 0.6) is 11.5 Å². The van der Waals surface area contributed by atoms with Crippen LogP contribution in [-0.4, -0.2) is 51.3 Å². The quantitative estimate of drug-likeness (QED) is 0.505. The number of phenolic OH excluding ortho intramolecular Hbond substituents is 2. The number of H-pyrrole nitrogens is 1. The lowest BCUT2D eigenvalue weighted by Gasteiger charge is -2.18. The molecule has 0 atom stereocenters. The van der Waals surface area contributed by atoms with Gasteiger partial charge in [0.25, 0.3) is 0 Å². The first-order valence-electron chi connectivity index (χ1n) is 9.13. The summed E-state index contributed by atoms with van der Waals surface area (Å²) in [6, 6.07) is 8.51. The largest absolute Gasteiger partial charge is 0.507 e. The maximum atomic E-state index is 12.9. The molecule has 0 aliphatic carbocycles. The molecule has 160 valence electrons. The standard InChI is InChI=1S/C19H21ClN4O5S/c1-3-4-9-23(2)30(28,29)17-10-12(15(25)11-16(17)26)18-21-22-19(27)24(18)14-8-6-5-7-13(14)20/h5-8,10-11,25-26H,3-4,9H2,1-2H3,(H,22,27). The number of hydrogen-bond donors (Lipinski definition) is 3. The lowest BCUT2D eigenvalue weighted by molar-refractivity contribution is 0.428. The van der Waals surface area contributed by atoms with E-state index in [0.717, 1.165) is 27.4 Å². The van der Waals surface area contributed by atoms with Gasteiger partial charge in [0.15, 0.2) is 5.82 Å². The third kappa shape index (κ3) is 3.93. The van der Waals surface area contributed by atoms with E-state index in [4.69, 9.17) is 11.6 Å². The zero-order valence-electron chi connectivity index (χ0n) is 16.3. The fourth-order valence-corrected chi connectivity index (χ4v) is 4.46. The number of nitrogens with one attached hydrogen (secondary N) is 1. The van der Waals surface area contributed by atoms with Gasteiger partial charge in [-0.3, -0.25) is 0 Å². The van der Waals surface area contributed by atoms with E-state index in [0.29, 0.717) is 12.1 Å². The van der Waals surface area contributed by atoms with Crippen molar-refractivity contribution >= 4 is 21.6 Å². The first kappa shape index (κ1) is 21.9. The highest BCUT2D eigenvalue weighted by Gasteiger charge is 2.28. The maximum absolute atomic E-state index is 12.9. The summed E-state index contributed by atoms with van der Waals surface area (Å²) in [6.45, 7) is 2.20. The Kier molecular flexibility index (Phi) is 6.20. The highest BCUT2D eigenvalue weighted by molar-refractivity contribution is 7.89. The number of unbranched alkanes of at least 4 members (excludes halogenated alkanes) is 1. The first-order valence-corrected chi connectivity index (χ1v) is 10.9. The summed E-state index contributed by atoms with van der Waals surface area (Å²) in [5.41, 5.74) is -0.395. The van der Waals surface area contributed by atoms with Crippen LogP contribution in [-0.2, 0) is 10.0 Å². The molecule has 0 fully saturated rings. The maximum Gasteiger partial charge on any atom is 0.348 e. The third-order valence-corrected chi connectivity index (χ3v) is 6.80. The van der Waals surface area contributed by atoms with E-state index < -0.39 is 32.1 Å². The van der Waals surface area contributed by atoms with Crippen molar-refractivity contribution in [2.45, 2.75) is 24.7 Å². The van der Waals surface area contributed by atoms with Crippen molar-refractivity contribution in [3.05, 3.63) is 51.9 Å². The Morgan fingerprint density at radius 3 is 2.57 bits per heavy atom. The summed E-state index contributed by atoms with van der Waals surface area (Å²) >= 11 is 6.20. The molecule has 0 unspecified atom stereocenters. The van der Waals surface area contributed by atoms with Crippen LogP contribution in [0.4, 0.5) is 0 Å². The Bertz CT molecular complexity index is 1240. The summed E-state index contributed by atoms with van der Waals surface area (Å²) in [5, 5.41) is 27.1. The first-order chi connectivity index (χ1) is 14.2. The number of benzene rings is 2. The fourth-order valence-electron chi connectivity index (χ4n) is 2.95. The van der Waals surface area contributed by atoms with Crippen molar-refractivity contribution in [2.75, 3.05) is 13.6 Å². The minimum absolute atomic E-state index is 0.0572. The number of rotatable bonds is 7. The highest BCUT2D eigenvalue weighted by Crippen LogP contribution is 2.37. The molecule has 30 heavy (non-hydrogen) atoms. The summed E-state index contributed by atoms with van der Waals surface area (Å²) in [6.07, 6.45) is 1.44. The molecule has 0 radical (unpaired) electrons. The summed E-state index contributed by atoms with van der Waals surface area (Å²) in [7, 11) is -2.64. The number of aromatic amines is 1. The van der Waals surface area contributed by atoms with Crippen LogP contribution in [0.1, 0.15) is 19.8 Å². The van der Waals surface area contributed by atoms with Crippen molar-refractivity contribution in [1.82, 2.24) is 19.1 Å². The monoisotopic (exact) mass is 452 g/mol. The lowest BCUT2D eigenvalue weighted by Crippen LogP contribution is -2.28. The molecule has 0 amide bonds. The molecule has 0 bridgehead atoms. The molecule has 3 aromatic rings. The van der Waals surface area contributed by atoms with Crippen molar-refractivity contribution in [3.8, 4) is 28.6 Å². The molecule has 0 saturated heterocycles. The smallest absolute Gasteiger partial charge is 0.348 e. The molecule has 3 N–H and O–H groups in total. The van der Waals surface area contributed by atoms with E-state index in [9.17, 15) is 23.4 Å². The fraction of sp³-hybridized carbons (Fsp3) is 0.263. The van der Waals surface area contributed by atoms with Gasteiger partial charge in [0, 0.05) is 19.7 Å². The van der Waals surface area contributed by atoms with Crippen molar-refractivity contribution < 1.29 is 18.6 Å². The van der Waals surface area contributed by atoms with E-state index in [1.54, 1.807) is 24.3 Å². The van der Waals surface area contributed by atoms with E-state index in [1.165, 1.54) is 7.05 Å². The minimum Gasteiger partial charge on any atom is -0.507 e. The van der Waals surface area contributed by atoms with Crippen molar-refractivity contribution in [3.63, 3.8) is 0 Å². The van der Waals surface area contributed by atoms with Gasteiger partial charge >= 0.3 is 5.69 Å². The van der Waals surface area contributed by atoms with E-state index in [1.807, 2.05) is 6.92 Å². The third-order valence-electron chi connectivity index (χ3n) is 4.60. The summed E-state index contributed by atoms with van der Waals surface area (Å²) in [5.74, 6) is -1.12. The number of nitrogens with zero attached hydrogens (tertiary/aromatic N) is 3. The molecule has 1 aromatic heterocycles. The number of sulfonamides is 1. The van der Waals surface area contributed by atoms with E-state index in [2.05, 4.69) is 10.2 Å². The summed E-state index contributed by atoms with van der Waals surface area (Å²) < 4.78 is 28.1. The Morgan fingerprint density at radius 1 is 1.20 bits per heavy atom. The second kappa shape index (κ2) is 8.50. The average molecular weight is 453 g/mol. The van der Waals surface area contributed by atoms with Crippen molar-refractivity contribution in [2.24, 2.45) is 0 Å². The van der Waals surface area contributed by atoms with Crippen molar-refractivity contribution in [1.29, 1.82) is 0 Å². The molecule has 0 saturated carbocycles. The van der Waals surface area contributed by atoms with Gasteiger partial charge in [-0.2, -0.15) is 5.10 Å². The second-order valence-electron chi connectivity index (χ2n) is 6.66. The number of halogens is 1. The Balaban J connectivity index is 2.20. The number of aromatic hydroxyl groups is 2. The number of phenols is 2. The lowest BCUT2D eigenvalue weighted by atomic mass is 10.1. The Hall–Kier alpha value is -2.82. The molecular weight excluding hydrogens is 432 g/mol. The molecular formula is C19H21ClN4O5S. The van der Waals surface area contributed by atoms with Gasteiger partial charge < -0.3 is 10.2 Å². The van der Waals surface area contributed by atoms with Crippen LogP contribution in [0.2, 0.25) is 5.02 Å². The SMILES string of the molecule is CCCCN(C)S(=O)(=O)c1cc(-c2n[nH]c(=O)n2-c2ccccc2Cl)c(O)cc1O. The van der Waals surface area contributed by atoms with Gasteiger partial charge in [-0.25, -0.2) is 27.2 Å². The average Bonchev–Trinajstić information content (AvgIpc) is 3.07. The topological polar surface area (TPSA) is 129 Å². The molecule has 0 spiro atoms. The van der Waals surface area contributed by atoms with Gasteiger partial charge in [-0.05, 0) is 24.6 Å². The number of aromatic nitrogens is 3. The zero-order chi connectivity index (χ0) is 22.1. The van der Waals surface area contributed by atoms with Crippen LogP contribution >= 0.6 is 11.6 Å². The van der Waals surface area contributed by atoms with Crippen LogP contribution < -0.4 is 5.69 Å². The normalized spacial score (nSPS) is 11.9. The molecule has 11 heteroatoms. The minimum atomic E-state index is -4.05. The Morgan fingerprint density at radius 2 is 1.90 bits per heavy atom. The van der Waals surface area contributed by atoms with E-state index in [-0.39, 0.29) is 23.0 Å². The molecule has 0 aliphatic heterocycles. The Labute approximate surface area is 178 Å². The van der Waals surface area contributed by atoms with Crippen LogP contribution in [0.3, 0.4) is 0 Å². The highest BCUT2D eigenvalue weighted by atomic mass is 35.5. The van der Waals surface area contributed by atoms with Crippen LogP contribution in [0.15, 0.2) is 46.1 Å². The molecule has 1 heterocycles. The summed E-state index contributed by atoms with van der Waals surface area (Å²) in [4.78, 5) is 12.0. The number of para-hydroxylation sites is 1. The van der Waals surface area contributed by atoms with Gasteiger partial charge in [0.2, 0.25) is 10.0 Å². The predicted molar refractivity (Wildman–Crippen MR) is 113 cm³/mol. The molecule has 2 aromatic carbocycles.